The molecule has 0 saturated carbocycles. The van der Waals surface area contributed by atoms with Crippen molar-refractivity contribution >= 4 is 34.9 Å². The molecule has 2 N–H and O–H groups in total. The highest BCUT2D eigenvalue weighted by Crippen LogP contribution is 2.29. The van der Waals surface area contributed by atoms with Gasteiger partial charge in [0.15, 0.2) is 0 Å². The van der Waals surface area contributed by atoms with E-state index in [1.807, 2.05) is 0 Å². The molecule has 0 aliphatic heterocycles. The van der Waals surface area contributed by atoms with Crippen molar-refractivity contribution in [3.05, 3.63) is 27.7 Å². The number of nitrogen functional groups attached to an aromatic ring is 1. The molecule has 0 saturated heterocycles. The summed E-state index contributed by atoms with van der Waals surface area (Å²) in [7, 11) is 0. The number of ether oxygens (including phenoxy) is 1. The van der Waals surface area contributed by atoms with Crippen molar-refractivity contribution in [3.63, 3.8) is 0 Å². The number of carbonyl (C=O) groups is 1. The topological polar surface area (TPSA) is 52.3 Å². The average Bonchev–Trinajstić information content (AvgIpc) is 2.24. The van der Waals surface area contributed by atoms with Gasteiger partial charge in [0.1, 0.15) is 0 Å². The molecule has 1 aromatic rings. The van der Waals surface area contributed by atoms with Gasteiger partial charge in [0.25, 0.3) is 0 Å². The Morgan fingerprint density at radius 2 is 1.88 bits per heavy atom. The average molecular weight is 276 g/mol. The first-order chi connectivity index (χ1) is 7.91. The molecule has 94 valence electrons. The maximum Gasteiger partial charge on any atom is 0.338 e. The van der Waals surface area contributed by atoms with E-state index in [1.165, 1.54) is 12.1 Å². The molecule has 0 aromatic heterocycles. The molecule has 3 nitrogen and oxygen atoms in total. The molecule has 1 aromatic carbocycles. The van der Waals surface area contributed by atoms with Crippen LogP contribution in [0.25, 0.3) is 0 Å². The smallest absolute Gasteiger partial charge is 0.338 e. The highest BCUT2D eigenvalue weighted by molar-refractivity contribution is 6.39. The number of anilines is 1. The van der Waals surface area contributed by atoms with Crippen LogP contribution in [0, 0.1) is 5.92 Å². The van der Waals surface area contributed by atoms with E-state index in [0.29, 0.717) is 18.1 Å². The molecule has 0 atom stereocenters. The van der Waals surface area contributed by atoms with Gasteiger partial charge in [-0.05, 0) is 24.5 Å². The Hall–Kier alpha value is -0.930. The van der Waals surface area contributed by atoms with Gasteiger partial charge in [0.2, 0.25) is 0 Å². The fraction of sp³-hybridized carbons (Fsp3) is 0.417. The summed E-state index contributed by atoms with van der Waals surface area (Å²) in [6.45, 7) is 4.51. The Morgan fingerprint density at radius 1 is 1.35 bits per heavy atom. The molecule has 0 aliphatic carbocycles. The Kier molecular flexibility index (Phi) is 5.09. The largest absolute Gasteiger partial charge is 0.462 e. The van der Waals surface area contributed by atoms with Gasteiger partial charge in [-0.2, -0.15) is 0 Å². The third-order valence-corrected chi connectivity index (χ3v) is 2.87. The summed E-state index contributed by atoms with van der Waals surface area (Å²) in [6, 6.07) is 2.92. The Morgan fingerprint density at radius 3 is 2.35 bits per heavy atom. The Balaban J connectivity index is 2.70. The first-order valence-electron chi connectivity index (χ1n) is 5.33. The van der Waals surface area contributed by atoms with Gasteiger partial charge in [-0.3, -0.25) is 0 Å². The van der Waals surface area contributed by atoms with E-state index in [4.69, 9.17) is 33.7 Å². The summed E-state index contributed by atoms with van der Waals surface area (Å²) in [4.78, 5) is 11.7. The van der Waals surface area contributed by atoms with E-state index >= 15 is 0 Å². The van der Waals surface area contributed by atoms with Crippen LogP contribution < -0.4 is 5.73 Å². The number of hydrogen-bond acceptors (Lipinski definition) is 3. The molecule has 17 heavy (non-hydrogen) atoms. The molecule has 0 radical (unpaired) electrons. The minimum atomic E-state index is -0.436. The molecule has 1 rings (SSSR count). The predicted octanol–water partition coefficient (Wildman–Crippen LogP) is 3.78. The molecule has 0 heterocycles. The number of benzene rings is 1. The summed E-state index contributed by atoms with van der Waals surface area (Å²) in [5.74, 6) is 0.0517. The van der Waals surface area contributed by atoms with Crippen molar-refractivity contribution in [1.29, 1.82) is 0 Å². The first kappa shape index (κ1) is 14.1. The Labute approximate surface area is 111 Å². The SMILES string of the molecule is CC(C)CCOC(=O)c1cc(Cl)c(N)c(Cl)c1. The van der Waals surface area contributed by atoms with Gasteiger partial charge in [-0.25, -0.2) is 4.79 Å². The maximum absolute atomic E-state index is 11.7. The summed E-state index contributed by atoms with van der Waals surface area (Å²) in [5, 5.41) is 0.515. The summed E-state index contributed by atoms with van der Waals surface area (Å²) in [5.41, 5.74) is 6.16. The van der Waals surface area contributed by atoms with Crippen molar-refractivity contribution in [3.8, 4) is 0 Å². The second-order valence-electron chi connectivity index (χ2n) is 4.17. The lowest BCUT2D eigenvalue weighted by Gasteiger charge is -2.08. The van der Waals surface area contributed by atoms with Crippen molar-refractivity contribution in [2.24, 2.45) is 5.92 Å². The van der Waals surface area contributed by atoms with Gasteiger partial charge >= 0.3 is 5.97 Å². The van der Waals surface area contributed by atoms with Gasteiger partial charge in [0.05, 0.1) is 27.9 Å². The van der Waals surface area contributed by atoms with E-state index in [9.17, 15) is 4.79 Å². The van der Waals surface area contributed by atoms with E-state index in [-0.39, 0.29) is 15.7 Å². The Bertz CT molecular complexity index is 396. The zero-order valence-electron chi connectivity index (χ0n) is 9.80. The number of carbonyl (C=O) groups excluding carboxylic acids is 1. The number of rotatable bonds is 4. The molecule has 0 spiro atoms. The van der Waals surface area contributed by atoms with Gasteiger partial charge in [-0.1, -0.05) is 37.0 Å². The molecular weight excluding hydrogens is 261 g/mol. The minimum absolute atomic E-state index is 0.258. The fourth-order valence-corrected chi connectivity index (χ4v) is 1.66. The lowest BCUT2D eigenvalue weighted by molar-refractivity contribution is 0.0488. The van der Waals surface area contributed by atoms with Crippen molar-refractivity contribution < 1.29 is 9.53 Å². The van der Waals surface area contributed by atoms with Crippen LogP contribution in [-0.4, -0.2) is 12.6 Å². The van der Waals surface area contributed by atoms with Crippen molar-refractivity contribution in [2.45, 2.75) is 20.3 Å². The number of esters is 1. The number of hydrogen-bond donors (Lipinski definition) is 1. The van der Waals surface area contributed by atoms with E-state index in [1.54, 1.807) is 0 Å². The monoisotopic (exact) mass is 275 g/mol. The zero-order valence-corrected chi connectivity index (χ0v) is 11.3. The molecule has 5 heteroatoms. The molecule has 0 bridgehead atoms. The van der Waals surface area contributed by atoms with Crippen LogP contribution in [0.3, 0.4) is 0 Å². The predicted molar refractivity (Wildman–Crippen MR) is 70.6 cm³/mol. The minimum Gasteiger partial charge on any atom is -0.462 e. The third kappa shape index (κ3) is 4.10. The van der Waals surface area contributed by atoms with Crippen LogP contribution >= 0.6 is 23.2 Å². The van der Waals surface area contributed by atoms with Crippen LogP contribution in [0.5, 0.6) is 0 Å². The molecule has 0 aliphatic rings. The molecule has 0 amide bonds. The maximum atomic E-state index is 11.7. The standard InChI is InChI=1S/C12H15Cl2NO2/c1-7(2)3-4-17-12(16)8-5-9(13)11(15)10(14)6-8/h5-7H,3-4,15H2,1-2H3. The lowest BCUT2D eigenvalue weighted by atomic mass is 10.1. The molecular formula is C12H15Cl2NO2. The van der Waals surface area contributed by atoms with Crippen LogP contribution in [0.4, 0.5) is 5.69 Å². The van der Waals surface area contributed by atoms with Crippen LogP contribution in [0.15, 0.2) is 12.1 Å². The van der Waals surface area contributed by atoms with Gasteiger partial charge in [0, 0.05) is 0 Å². The molecule has 0 unspecified atom stereocenters. The van der Waals surface area contributed by atoms with E-state index in [0.717, 1.165) is 6.42 Å². The number of halogens is 2. The summed E-state index contributed by atoms with van der Waals surface area (Å²) in [6.07, 6.45) is 0.822. The van der Waals surface area contributed by atoms with Gasteiger partial charge < -0.3 is 10.5 Å². The first-order valence-corrected chi connectivity index (χ1v) is 6.09. The summed E-state index contributed by atoms with van der Waals surface area (Å²) < 4.78 is 5.09. The molecule has 0 fully saturated rings. The fourth-order valence-electron chi connectivity index (χ4n) is 1.17. The second kappa shape index (κ2) is 6.12. The van der Waals surface area contributed by atoms with Crippen LogP contribution in [0.2, 0.25) is 10.0 Å². The highest BCUT2D eigenvalue weighted by atomic mass is 35.5. The quantitative estimate of drug-likeness (QED) is 0.672. The second-order valence-corrected chi connectivity index (χ2v) is 4.99. The number of nitrogens with two attached hydrogens (primary N) is 1. The normalized spacial score (nSPS) is 10.6. The van der Waals surface area contributed by atoms with E-state index in [2.05, 4.69) is 13.8 Å². The summed E-state index contributed by atoms with van der Waals surface area (Å²) >= 11 is 11.7. The van der Waals surface area contributed by atoms with Crippen molar-refractivity contribution in [1.82, 2.24) is 0 Å². The van der Waals surface area contributed by atoms with Crippen molar-refractivity contribution in [2.75, 3.05) is 12.3 Å². The van der Waals surface area contributed by atoms with Crippen LogP contribution in [0.1, 0.15) is 30.6 Å². The lowest BCUT2D eigenvalue weighted by Crippen LogP contribution is -2.08. The van der Waals surface area contributed by atoms with Crippen LogP contribution in [-0.2, 0) is 4.74 Å². The highest BCUT2D eigenvalue weighted by Gasteiger charge is 2.12. The third-order valence-electron chi connectivity index (χ3n) is 2.24. The van der Waals surface area contributed by atoms with E-state index < -0.39 is 5.97 Å². The zero-order chi connectivity index (χ0) is 13.0. The van der Waals surface area contributed by atoms with Gasteiger partial charge in [-0.15, -0.1) is 0 Å².